The van der Waals surface area contributed by atoms with Gasteiger partial charge >= 0.3 is 0 Å². The maximum atomic E-state index is 12.2. The summed E-state index contributed by atoms with van der Waals surface area (Å²) in [6, 6.07) is 5.80. The van der Waals surface area contributed by atoms with Gasteiger partial charge in [0, 0.05) is 23.6 Å². The minimum Gasteiger partial charge on any atom is -0.395 e. The minimum atomic E-state index is 0.0848. The largest absolute Gasteiger partial charge is 0.395 e. The van der Waals surface area contributed by atoms with Gasteiger partial charge in [-0.1, -0.05) is 31.1 Å². The van der Waals surface area contributed by atoms with Gasteiger partial charge in [0.2, 0.25) is 5.91 Å². The average molecular weight is 285 g/mol. The zero-order valence-corrected chi connectivity index (χ0v) is 12.6. The lowest BCUT2D eigenvalue weighted by Gasteiger charge is -2.21. The van der Waals surface area contributed by atoms with Gasteiger partial charge in [0.05, 0.1) is 6.61 Å². The van der Waals surface area contributed by atoms with Crippen LogP contribution in [0.15, 0.2) is 18.2 Å². The summed E-state index contributed by atoms with van der Waals surface area (Å²) in [6.07, 6.45) is 6.08. The first-order valence-electron chi connectivity index (χ1n) is 7.72. The molecule has 3 heteroatoms. The number of rotatable bonds is 3. The first kappa shape index (κ1) is 15.6. The van der Waals surface area contributed by atoms with Gasteiger partial charge in [-0.2, -0.15) is 0 Å². The molecule has 0 atom stereocenters. The van der Waals surface area contributed by atoms with Crippen molar-refractivity contribution in [2.24, 2.45) is 5.92 Å². The van der Waals surface area contributed by atoms with E-state index < -0.39 is 0 Å². The highest BCUT2D eigenvalue weighted by molar-refractivity contribution is 5.93. The number of carbonyl (C=O) groups is 1. The molecule has 0 unspecified atom stereocenters. The molecule has 21 heavy (non-hydrogen) atoms. The van der Waals surface area contributed by atoms with E-state index in [1.165, 1.54) is 6.42 Å². The SMILES string of the molecule is Cc1cc(C#CCCO)ccc1NC(=O)C1CCCCC1. The van der Waals surface area contributed by atoms with Crippen LogP contribution in [0.1, 0.15) is 49.7 Å². The molecule has 3 nitrogen and oxygen atoms in total. The zero-order valence-electron chi connectivity index (χ0n) is 12.6. The van der Waals surface area contributed by atoms with Crippen LogP contribution >= 0.6 is 0 Å². The molecule has 1 amide bonds. The van der Waals surface area contributed by atoms with Gasteiger partial charge in [-0.25, -0.2) is 0 Å². The van der Waals surface area contributed by atoms with Gasteiger partial charge in [0.1, 0.15) is 0 Å². The molecule has 2 N–H and O–H groups in total. The van der Waals surface area contributed by atoms with Crippen molar-refractivity contribution < 1.29 is 9.90 Å². The number of anilines is 1. The summed E-state index contributed by atoms with van der Waals surface area (Å²) >= 11 is 0. The molecule has 0 aromatic heterocycles. The Kier molecular flexibility index (Phi) is 5.83. The van der Waals surface area contributed by atoms with E-state index in [4.69, 9.17) is 5.11 Å². The maximum Gasteiger partial charge on any atom is 0.227 e. The monoisotopic (exact) mass is 285 g/mol. The summed E-state index contributed by atoms with van der Waals surface area (Å²) in [6.45, 7) is 2.06. The topological polar surface area (TPSA) is 49.3 Å². The second kappa shape index (κ2) is 7.85. The lowest BCUT2D eigenvalue weighted by atomic mass is 9.88. The standard InChI is InChI=1S/C18H23NO2/c1-14-13-15(7-5-6-12-20)10-11-17(14)19-18(21)16-8-3-2-4-9-16/h10-11,13,16,20H,2-4,6,8-9,12H2,1H3,(H,19,21). The molecule has 1 saturated carbocycles. The minimum absolute atomic E-state index is 0.0848. The van der Waals surface area contributed by atoms with Crippen LogP contribution in [0.2, 0.25) is 0 Å². The van der Waals surface area contributed by atoms with E-state index in [2.05, 4.69) is 17.2 Å². The third-order valence-corrected chi connectivity index (χ3v) is 3.93. The fourth-order valence-corrected chi connectivity index (χ4v) is 2.70. The number of amides is 1. The number of benzene rings is 1. The molecule has 2 rings (SSSR count). The van der Waals surface area contributed by atoms with E-state index in [1.54, 1.807) is 0 Å². The van der Waals surface area contributed by atoms with Gasteiger partial charge in [0.15, 0.2) is 0 Å². The molecular formula is C18H23NO2. The molecule has 1 aliphatic rings. The number of carbonyl (C=O) groups excluding carboxylic acids is 1. The number of hydrogen-bond donors (Lipinski definition) is 2. The van der Waals surface area contributed by atoms with E-state index in [1.807, 2.05) is 25.1 Å². The normalized spacial score (nSPS) is 15.1. The lowest BCUT2D eigenvalue weighted by Crippen LogP contribution is -2.25. The molecule has 1 aliphatic carbocycles. The van der Waals surface area contributed by atoms with Crippen LogP contribution in [0, 0.1) is 24.7 Å². The first-order chi connectivity index (χ1) is 10.2. The predicted octanol–water partition coefficient (Wildman–Crippen LogP) is 3.25. The molecule has 0 saturated heterocycles. The van der Waals surface area contributed by atoms with Crippen LogP contribution < -0.4 is 5.32 Å². The zero-order chi connectivity index (χ0) is 15.1. The molecular weight excluding hydrogens is 262 g/mol. The number of hydrogen-bond acceptors (Lipinski definition) is 2. The molecule has 0 bridgehead atoms. The summed E-state index contributed by atoms with van der Waals surface area (Å²) < 4.78 is 0. The molecule has 0 heterocycles. The molecule has 0 spiro atoms. The fourth-order valence-electron chi connectivity index (χ4n) is 2.70. The summed E-state index contributed by atoms with van der Waals surface area (Å²) in [5.41, 5.74) is 2.81. The van der Waals surface area contributed by atoms with E-state index in [0.717, 1.165) is 42.5 Å². The lowest BCUT2D eigenvalue weighted by molar-refractivity contribution is -0.120. The summed E-state index contributed by atoms with van der Waals surface area (Å²) in [5.74, 6) is 6.23. The van der Waals surface area contributed by atoms with Gasteiger partial charge < -0.3 is 10.4 Å². The van der Waals surface area contributed by atoms with E-state index >= 15 is 0 Å². The third-order valence-electron chi connectivity index (χ3n) is 3.93. The number of aliphatic hydroxyl groups excluding tert-OH is 1. The van der Waals surface area contributed by atoms with Gasteiger partial charge in [-0.05, 0) is 43.5 Å². The fraction of sp³-hybridized carbons (Fsp3) is 0.500. The summed E-state index contributed by atoms with van der Waals surface area (Å²) in [5, 5.41) is 11.8. The number of nitrogens with one attached hydrogen (secondary N) is 1. The summed E-state index contributed by atoms with van der Waals surface area (Å²) in [7, 11) is 0. The number of aryl methyl sites for hydroxylation is 1. The highest BCUT2D eigenvalue weighted by Gasteiger charge is 2.21. The Morgan fingerprint density at radius 1 is 1.33 bits per heavy atom. The van der Waals surface area contributed by atoms with Crippen molar-refractivity contribution in [3.8, 4) is 11.8 Å². The smallest absolute Gasteiger partial charge is 0.227 e. The third kappa shape index (κ3) is 4.61. The van der Waals surface area contributed by atoms with Crippen LogP contribution in [0.4, 0.5) is 5.69 Å². The second-order valence-electron chi connectivity index (χ2n) is 5.63. The second-order valence-corrected chi connectivity index (χ2v) is 5.63. The molecule has 1 aromatic carbocycles. The molecule has 1 aromatic rings. The highest BCUT2D eigenvalue weighted by atomic mass is 16.2. The Bertz CT molecular complexity index is 548. The van der Waals surface area contributed by atoms with Crippen LogP contribution in [0.5, 0.6) is 0 Å². The van der Waals surface area contributed by atoms with E-state index in [9.17, 15) is 4.79 Å². The highest BCUT2D eigenvalue weighted by Crippen LogP contribution is 2.25. The number of aliphatic hydroxyl groups is 1. The predicted molar refractivity (Wildman–Crippen MR) is 85.0 cm³/mol. The first-order valence-corrected chi connectivity index (χ1v) is 7.72. The Morgan fingerprint density at radius 2 is 2.10 bits per heavy atom. The van der Waals surface area contributed by atoms with Gasteiger partial charge in [0.25, 0.3) is 0 Å². The van der Waals surface area contributed by atoms with Crippen molar-refractivity contribution >= 4 is 11.6 Å². The Hall–Kier alpha value is -1.79. The maximum absolute atomic E-state index is 12.2. The molecule has 1 fully saturated rings. The van der Waals surface area contributed by atoms with Crippen LogP contribution in [-0.2, 0) is 4.79 Å². The van der Waals surface area contributed by atoms with Gasteiger partial charge in [-0.3, -0.25) is 4.79 Å². The average Bonchev–Trinajstić information content (AvgIpc) is 2.51. The van der Waals surface area contributed by atoms with E-state index in [-0.39, 0.29) is 18.4 Å². The Morgan fingerprint density at radius 3 is 2.76 bits per heavy atom. The molecule has 0 radical (unpaired) electrons. The van der Waals surface area contributed by atoms with Crippen molar-refractivity contribution in [2.45, 2.75) is 45.4 Å². The van der Waals surface area contributed by atoms with Crippen LogP contribution in [0.25, 0.3) is 0 Å². The Labute approximate surface area is 126 Å². The summed E-state index contributed by atoms with van der Waals surface area (Å²) in [4.78, 5) is 12.2. The van der Waals surface area contributed by atoms with Crippen molar-refractivity contribution in [1.82, 2.24) is 0 Å². The van der Waals surface area contributed by atoms with Crippen molar-refractivity contribution in [2.75, 3.05) is 11.9 Å². The molecule has 0 aliphatic heterocycles. The van der Waals surface area contributed by atoms with Crippen LogP contribution in [0.3, 0.4) is 0 Å². The van der Waals surface area contributed by atoms with Crippen LogP contribution in [-0.4, -0.2) is 17.6 Å². The van der Waals surface area contributed by atoms with Crippen molar-refractivity contribution in [3.05, 3.63) is 29.3 Å². The van der Waals surface area contributed by atoms with Crippen molar-refractivity contribution in [1.29, 1.82) is 0 Å². The van der Waals surface area contributed by atoms with E-state index in [0.29, 0.717) is 6.42 Å². The quantitative estimate of drug-likeness (QED) is 0.838. The van der Waals surface area contributed by atoms with Gasteiger partial charge in [-0.15, -0.1) is 0 Å². The van der Waals surface area contributed by atoms with Crippen molar-refractivity contribution in [3.63, 3.8) is 0 Å². The Balaban J connectivity index is 2.00. The molecule has 112 valence electrons.